The summed E-state index contributed by atoms with van der Waals surface area (Å²) in [7, 11) is 6.63. The molecule has 9 atom stereocenters. The van der Waals surface area contributed by atoms with Crippen molar-refractivity contribution >= 4 is 29.5 Å². The molecular weight excluding hydrogens is 713 g/mol. The lowest BCUT2D eigenvalue weighted by Gasteiger charge is -2.41. The molecular formula is C44H74N4O8. The predicted octanol–water partition coefficient (Wildman–Crippen LogP) is 5.45. The van der Waals surface area contributed by atoms with Gasteiger partial charge in [-0.2, -0.15) is 0 Å². The van der Waals surface area contributed by atoms with Gasteiger partial charge >= 0.3 is 5.97 Å². The number of likely N-dealkylation sites (tertiary alicyclic amines) is 1. The number of Topliss-reactive ketones (excluding diaryl/α,β-unsaturated/α-hetero) is 1. The Morgan fingerprint density at radius 2 is 1.55 bits per heavy atom. The second-order valence-corrected chi connectivity index (χ2v) is 17.4. The molecule has 1 aliphatic heterocycles. The minimum absolute atomic E-state index is 0.00810. The minimum atomic E-state index is -0.918. The van der Waals surface area contributed by atoms with Crippen molar-refractivity contribution in [1.29, 1.82) is 0 Å². The minimum Gasteiger partial charge on any atom is -0.458 e. The van der Waals surface area contributed by atoms with Crippen molar-refractivity contribution < 1.29 is 38.2 Å². The van der Waals surface area contributed by atoms with Crippen molar-refractivity contribution in [2.45, 2.75) is 150 Å². The van der Waals surface area contributed by atoms with Crippen LogP contribution in [0.2, 0.25) is 0 Å². The summed E-state index contributed by atoms with van der Waals surface area (Å²) in [6, 6.07) is 7.37. The fourth-order valence-electron chi connectivity index (χ4n) is 8.10. The fourth-order valence-corrected chi connectivity index (χ4v) is 8.10. The first-order valence-corrected chi connectivity index (χ1v) is 20.6. The summed E-state index contributed by atoms with van der Waals surface area (Å²) < 4.78 is 17.7. The first-order valence-electron chi connectivity index (χ1n) is 20.6. The number of ketones is 1. The third kappa shape index (κ3) is 13.6. The van der Waals surface area contributed by atoms with Crippen LogP contribution in [0.25, 0.3) is 0 Å². The number of carbonyl (C=O) groups is 5. The van der Waals surface area contributed by atoms with Gasteiger partial charge in [0.2, 0.25) is 17.7 Å². The lowest BCUT2D eigenvalue weighted by atomic mass is 9.84. The van der Waals surface area contributed by atoms with Gasteiger partial charge in [-0.3, -0.25) is 19.2 Å². The van der Waals surface area contributed by atoms with Gasteiger partial charge in [0.05, 0.1) is 42.7 Å². The van der Waals surface area contributed by atoms with E-state index in [9.17, 15) is 24.0 Å². The molecule has 0 aliphatic carbocycles. The van der Waals surface area contributed by atoms with Crippen molar-refractivity contribution in [3.63, 3.8) is 0 Å². The summed E-state index contributed by atoms with van der Waals surface area (Å²) in [5.41, 5.74) is 0.140. The lowest BCUT2D eigenvalue weighted by molar-refractivity contribution is -0.159. The largest absolute Gasteiger partial charge is 0.458 e. The second-order valence-electron chi connectivity index (χ2n) is 17.4. The maximum absolute atomic E-state index is 14.3. The molecule has 0 radical (unpaired) electrons. The van der Waals surface area contributed by atoms with Gasteiger partial charge in [0.25, 0.3) is 0 Å². The Labute approximate surface area is 337 Å². The Kier molecular flexibility index (Phi) is 19.7. The first kappa shape index (κ1) is 48.8. The van der Waals surface area contributed by atoms with Gasteiger partial charge in [0.1, 0.15) is 11.6 Å². The van der Waals surface area contributed by atoms with E-state index >= 15 is 0 Å². The van der Waals surface area contributed by atoms with E-state index < -0.39 is 53.7 Å². The Hall–Kier alpha value is -3.35. The van der Waals surface area contributed by atoms with Crippen molar-refractivity contribution in [2.24, 2.45) is 29.6 Å². The van der Waals surface area contributed by atoms with Crippen molar-refractivity contribution in [1.82, 2.24) is 20.4 Å². The highest BCUT2D eigenvalue weighted by Crippen LogP contribution is 2.31. The number of nitrogens with one attached hydrogen (secondary N) is 2. The van der Waals surface area contributed by atoms with Crippen molar-refractivity contribution in [3.05, 3.63) is 35.9 Å². The molecule has 1 unspecified atom stereocenters. The molecule has 1 aromatic carbocycles. The number of nitrogens with zero attached hydrogens (tertiary/aromatic N) is 2. The third-order valence-corrected chi connectivity index (χ3v) is 11.4. The second kappa shape index (κ2) is 22.6. The number of esters is 1. The molecule has 1 fully saturated rings. The number of rotatable bonds is 22. The molecule has 0 spiro atoms. The molecule has 1 heterocycles. The predicted molar refractivity (Wildman–Crippen MR) is 220 cm³/mol. The third-order valence-electron chi connectivity index (χ3n) is 11.4. The van der Waals surface area contributed by atoms with Crippen LogP contribution in [0.5, 0.6) is 0 Å². The van der Waals surface area contributed by atoms with Crippen LogP contribution in [0.1, 0.15) is 107 Å². The molecule has 12 nitrogen and oxygen atoms in total. The number of hydrogen-bond acceptors (Lipinski definition) is 9. The van der Waals surface area contributed by atoms with Gasteiger partial charge in [-0.1, -0.05) is 85.2 Å². The summed E-state index contributed by atoms with van der Waals surface area (Å²) in [5, 5.41) is 6.04. The summed E-state index contributed by atoms with van der Waals surface area (Å²) in [6.45, 7) is 19.6. The number of likely N-dealkylation sites (N-methyl/N-ethyl adjacent to an activating group) is 2. The number of carbonyl (C=O) groups excluding carboxylic acids is 5. The molecule has 1 aromatic rings. The zero-order valence-corrected chi connectivity index (χ0v) is 36.8. The fraction of sp³-hybridized carbons (Fsp3) is 0.750. The standard InChI is InChI=1S/C44H74N4O8/c1-15-29(6)39(47(12)42(52)32(27(2)3)25-35(49)38(45-11)28(4)5)36(54-13)26-37(50)48-23-19-22-34(48)40(55-14)30(7)41(51)46-33(43(53)56-44(8,9)10)24-31-20-17-16-18-21-31/h16-18,20-21,27-30,32-34,36,38-40,45H,15,19,22-26H2,1-14H3,(H,46,51)/t29-,30+,32-,33-,34-,36?,38-,39-,40+/m0/s1. The number of hydrogen-bond donors (Lipinski definition) is 2. The van der Waals surface area contributed by atoms with Crippen LogP contribution in [-0.2, 0) is 44.6 Å². The highest BCUT2D eigenvalue weighted by atomic mass is 16.6. The molecule has 1 aliphatic rings. The average Bonchev–Trinajstić information content (AvgIpc) is 3.62. The number of ether oxygens (including phenoxy) is 3. The van der Waals surface area contributed by atoms with Gasteiger partial charge in [0, 0.05) is 46.6 Å². The van der Waals surface area contributed by atoms with E-state index in [1.807, 2.05) is 65.0 Å². The van der Waals surface area contributed by atoms with Crippen LogP contribution in [0, 0.1) is 29.6 Å². The highest BCUT2D eigenvalue weighted by Gasteiger charge is 2.43. The Balaban J connectivity index is 2.31. The summed E-state index contributed by atoms with van der Waals surface area (Å²) in [4.78, 5) is 72.6. The van der Waals surface area contributed by atoms with E-state index in [4.69, 9.17) is 14.2 Å². The van der Waals surface area contributed by atoms with Gasteiger partial charge in [-0.25, -0.2) is 4.79 Å². The highest BCUT2D eigenvalue weighted by molar-refractivity contribution is 5.90. The van der Waals surface area contributed by atoms with Crippen LogP contribution >= 0.6 is 0 Å². The summed E-state index contributed by atoms with van der Waals surface area (Å²) in [6.07, 6.45) is 1.26. The van der Waals surface area contributed by atoms with Gasteiger partial charge in [-0.15, -0.1) is 0 Å². The Morgan fingerprint density at radius 3 is 2.05 bits per heavy atom. The zero-order valence-electron chi connectivity index (χ0n) is 36.8. The van der Waals surface area contributed by atoms with Crippen molar-refractivity contribution in [3.8, 4) is 0 Å². The average molecular weight is 787 g/mol. The molecule has 12 heteroatoms. The normalized spacial score (nSPS) is 19.1. The lowest BCUT2D eigenvalue weighted by Crippen LogP contribution is -2.55. The van der Waals surface area contributed by atoms with E-state index in [2.05, 4.69) is 17.6 Å². The van der Waals surface area contributed by atoms with Crippen LogP contribution in [-0.4, -0.2) is 116 Å². The maximum Gasteiger partial charge on any atom is 0.329 e. The molecule has 2 N–H and O–H groups in total. The monoisotopic (exact) mass is 787 g/mol. The van der Waals surface area contributed by atoms with Crippen LogP contribution < -0.4 is 10.6 Å². The maximum atomic E-state index is 14.3. The summed E-state index contributed by atoms with van der Waals surface area (Å²) in [5.74, 6) is -2.41. The SMILES string of the molecule is CC[C@H](C)[C@@H](C(CC(=O)N1CCC[C@H]1[C@H](OC)[C@@H](C)C(=O)N[C@@H](Cc1ccccc1)C(=O)OC(C)(C)C)OC)N(C)C(=O)[C@@H](CC(=O)[C@@H](NC)C(C)C)C(C)C. The number of methoxy groups -OCH3 is 2. The first-order chi connectivity index (χ1) is 26.2. The number of amides is 3. The van der Waals surface area contributed by atoms with Gasteiger partial charge in [-0.05, 0) is 64.0 Å². The zero-order chi connectivity index (χ0) is 42.5. The Morgan fingerprint density at radius 1 is 0.929 bits per heavy atom. The molecule has 0 saturated carbocycles. The van der Waals surface area contributed by atoms with E-state index in [1.165, 1.54) is 7.11 Å². The summed E-state index contributed by atoms with van der Waals surface area (Å²) >= 11 is 0. The van der Waals surface area contributed by atoms with Crippen LogP contribution in [0.3, 0.4) is 0 Å². The van der Waals surface area contributed by atoms with Crippen LogP contribution in [0.15, 0.2) is 30.3 Å². The van der Waals surface area contributed by atoms with E-state index in [0.29, 0.717) is 13.0 Å². The molecule has 3 amide bonds. The van der Waals surface area contributed by atoms with E-state index in [0.717, 1.165) is 18.4 Å². The molecule has 0 aromatic heterocycles. The molecule has 1 saturated heterocycles. The molecule has 318 valence electrons. The smallest absolute Gasteiger partial charge is 0.329 e. The van der Waals surface area contributed by atoms with E-state index in [-0.39, 0.29) is 66.6 Å². The number of benzene rings is 1. The molecule has 56 heavy (non-hydrogen) atoms. The molecule has 2 rings (SSSR count). The van der Waals surface area contributed by atoms with Crippen LogP contribution in [0.4, 0.5) is 0 Å². The topological polar surface area (TPSA) is 144 Å². The van der Waals surface area contributed by atoms with Gasteiger partial charge < -0.3 is 34.6 Å². The van der Waals surface area contributed by atoms with E-state index in [1.54, 1.807) is 58.7 Å². The van der Waals surface area contributed by atoms with Crippen molar-refractivity contribution in [2.75, 3.05) is 34.9 Å². The molecule has 0 bridgehead atoms. The van der Waals surface area contributed by atoms with Gasteiger partial charge in [0.15, 0.2) is 5.78 Å². The Bertz CT molecular complexity index is 1410. The quantitative estimate of drug-likeness (QED) is 0.147.